The number of benzene rings is 1. The van der Waals surface area contributed by atoms with Crippen LogP contribution in [0.5, 0.6) is 5.75 Å². The van der Waals surface area contributed by atoms with Gasteiger partial charge >= 0.3 is 17.6 Å². The fourth-order valence-corrected chi connectivity index (χ4v) is 3.66. The van der Waals surface area contributed by atoms with Gasteiger partial charge in [0.05, 0.1) is 5.56 Å². The van der Waals surface area contributed by atoms with Crippen molar-refractivity contribution in [2.24, 2.45) is 0 Å². The van der Waals surface area contributed by atoms with Crippen molar-refractivity contribution in [1.29, 1.82) is 0 Å². The van der Waals surface area contributed by atoms with Crippen molar-refractivity contribution in [3.8, 4) is 5.75 Å². The van der Waals surface area contributed by atoms with Gasteiger partial charge in [0.2, 0.25) is 0 Å². The lowest BCUT2D eigenvalue weighted by atomic mass is 9.93. The summed E-state index contributed by atoms with van der Waals surface area (Å²) in [5, 5.41) is 0.627. The number of carbonyl (C=O) groups excluding carboxylic acids is 2. The summed E-state index contributed by atoms with van der Waals surface area (Å²) in [6.07, 6.45) is -2.57. The van der Waals surface area contributed by atoms with Crippen LogP contribution in [0, 0.1) is 0 Å². The lowest BCUT2D eigenvalue weighted by Gasteiger charge is -2.37. The van der Waals surface area contributed by atoms with Crippen LogP contribution in [0.2, 0.25) is 0 Å². The Morgan fingerprint density at radius 3 is 2.34 bits per heavy atom. The average molecular weight is 402 g/mol. The van der Waals surface area contributed by atoms with Crippen LogP contribution < -0.4 is 10.4 Å². The molecule has 154 valence electrons. The largest absolute Gasteiger partial charge is 0.486 e. The minimum atomic E-state index is -1.10. The molecule has 2 aliphatic rings. The molecule has 4 atom stereocenters. The molecule has 0 bridgehead atoms. The van der Waals surface area contributed by atoms with Crippen LogP contribution in [0.1, 0.15) is 46.3 Å². The highest BCUT2D eigenvalue weighted by Gasteiger charge is 2.67. The Labute approximate surface area is 166 Å². The van der Waals surface area contributed by atoms with Crippen LogP contribution in [-0.2, 0) is 23.8 Å². The molecule has 0 N–H and O–H groups in total. The van der Waals surface area contributed by atoms with Gasteiger partial charge in [0.15, 0.2) is 17.8 Å². The molecule has 1 aromatic carbocycles. The zero-order chi connectivity index (χ0) is 21.1. The van der Waals surface area contributed by atoms with Crippen molar-refractivity contribution >= 4 is 22.9 Å². The summed E-state index contributed by atoms with van der Waals surface area (Å²) >= 11 is 0. The van der Waals surface area contributed by atoms with Crippen LogP contribution in [0.4, 0.5) is 0 Å². The first-order valence-electron chi connectivity index (χ1n) is 9.35. The summed E-state index contributed by atoms with van der Waals surface area (Å²) in [4.78, 5) is 36.5. The van der Waals surface area contributed by atoms with Crippen LogP contribution in [0.3, 0.4) is 0 Å². The number of hydrogen-bond acceptors (Lipinski definition) is 8. The minimum absolute atomic E-state index is 0.225. The van der Waals surface area contributed by atoms with Crippen molar-refractivity contribution in [2.75, 3.05) is 0 Å². The normalized spacial score (nSPS) is 29.5. The predicted molar refractivity (Wildman–Crippen MR) is 101 cm³/mol. The Balaban J connectivity index is 1.79. The molecule has 29 heavy (non-hydrogen) atoms. The smallest absolute Gasteiger partial charge is 0.341 e. The van der Waals surface area contributed by atoms with E-state index in [4.69, 9.17) is 23.4 Å². The minimum Gasteiger partial charge on any atom is -0.486 e. The zero-order valence-electron chi connectivity index (χ0n) is 16.8. The van der Waals surface area contributed by atoms with Gasteiger partial charge in [-0.05, 0) is 45.9 Å². The van der Waals surface area contributed by atoms with Crippen LogP contribution in [-0.4, -0.2) is 35.3 Å². The lowest BCUT2D eigenvalue weighted by molar-refractivity contribution is -0.181. The van der Waals surface area contributed by atoms with Gasteiger partial charge in [-0.25, -0.2) is 9.59 Å². The van der Waals surface area contributed by atoms with Crippen molar-refractivity contribution < 1.29 is 33.0 Å². The van der Waals surface area contributed by atoms with E-state index >= 15 is 0 Å². The first-order valence-corrected chi connectivity index (χ1v) is 9.35. The van der Waals surface area contributed by atoms with Gasteiger partial charge < -0.3 is 23.4 Å². The molecule has 0 radical (unpaired) electrons. The van der Waals surface area contributed by atoms with Crippen LogP contribution in [0.15, 0.2) is 33.5 Å². The second-order valence-electron chi connectivity index (χ2n) is 8.02. The van der Waals surface area contributed by atoms with Gasteiger partial charge in [-0.15, -0.1) is 0 Å². The molecule has 0 amide bonds. The predicted octanol–water partition coefficient (Wildman–Crippen LogP) is 2.66. The number of ether oxygens (including phenoxy) is 4. The maximum atomic E-state index is 12.8. The molecule has 3 heterocycles. The van der Waals surface area contributed by atoms with Crippen LogP contribution in [0.25, 0.3) is 11.0 Å². The monoisotopic (exact) mass is 402 g/mol. The maximum absolute atomic E-state index is 12.8. The summed E-state index contributed by atoms with van der Waals surface area (Å²) in [7, 11) is 0. The Kier molecular flexibility index (Phi) is 4.24. The average Bonchev–Trinajstić information content (AvgIpc) is 3.16. The Morgan fingerprint density at radius 2 is 1.72 bits per heavy atom. The number of fused-ring (bicyclic) bond motifs is 3. The Hall–Kier alpha value is -2.87. The molecule has 8 heteroatoms. The topological polar surface area (TPSA) is 105 Å². The second kappa shape index (κ2) is 6.32. The van der Waals surface area contributed by atoms with E-state index in [1.807, 2.05) is 0 Å². The number of epoxide rings is 1. The van der Waals surface area contributed by atoms with Crippen molar-refractivity contribution in [3.05, 3.63) is 40.2 Å². The SMILES string of the molecule is CC(=O)O[C@@H]1c2c(ccc3ccc(=O)oc23)OC(C)C1OC(=O)C1(C)OC1(C)C. The first kappa shape index (κ1) is 19.4. The standard InChI is InChI=1S/C21H22O8/c1-10-16(28-19(24)21(5)20(3,4)29-21)18(26-11(2)22)15-13(25-10)8-6-12-7-9-14(23)27-17(12)15/h6-10,16,18H,1-5H3/t10?,16?,18-,21?/m1/s1. The van der Waals surface area contributed by atoms with Gasteiger partial charge in [-0.1, -0.05) is 0 Å². The van der Waals surface area contributed by atoms with E-state index in [2.05, 4.69) is 0 Å². The van der Waals surface area contributed by atoms with Crippen LogP contribution >= 0.6 is 0 Å². The Morgan fingerprint density at radius 1 is 1.07 bits per heavy atom. The molecule has 8 nitrogen and oxygen atoms in total. The van der Waals surface area contributed by atoms with Gasteiger partial charge in [0.25, 0.3) is 0 Å². The fraction of sp³-hybridized carbons (Fsp3) is 0.476. The van der Waals surface area contributed by atoms with E-state index in [-0.39, 0.29) is 5.58 Å². The Bertz CT molecular complexity index is 1070. The fourth-order valence-electron chi connectivity index (χ4n) is 3.66. The molecule has 2 aromatic rings. The van der Waals surface area contributed by atoms with E-state index in [1.54, 1.807) is 45.9 Å². The molecule has 0 spiro atoms. The molecule has 0 aliphatic carbocycles. The van der Waals surface area contributed by atoms with E-state index in [0.717, 1.165) is 0 Å². The molecule has 1 aromatic heterocycles. The molecule has 1 saturated heterocycles. The molecular formula is C21H22O8. The quantitative estimate of drug-likeness (QED) is 0.438. The van der Waals surface area contributed by atoms with Crippen molar-refractivity contribution in [3.63, 3.8) is 0 Å². The van der Waals surface area contributed by atoms with E-state index in [0.29, 0.717) is 16.7 Å². The summed E-state index contributed by atoms with van der Waals surface area (Å²) in [6.45, 7) is 8.19. The van der Waals surface area contributed by atoms with Crippen molar-refractivity contribution in [2.45, 2.75) is 64.1 Å². The first-order chi connectivity index (χ1) is 13.5. The highest BCUT2D eigenvalue weighted by Crippen LogP contribution is 2.49. The third-order valence-electron chi connectivity index (χ3n) is 5.64. The summed E-state index contributed by atoms with van der Waals surface area (Å²) in [5.41, 5.74) is -1.73. The maximum Gasteiger partial charge on any atom is 0.341 e. The molecule has 0 saturated carbocycles. The van der Waals surface area contributed by atoms with Gasteiger partial charge in [-0.2, -0.15) is 0 Å². The van der Waals surface area contributed by atoms with Gasteiger partial charge in [0, 0.05) is 18.4 Å². The summed E-state index contributed by atoms with van der Waals surface area (Å²) in [5.74, 6) is -0.752. The number of rotatable bonds is 3. The molecular weight excluding hydrogens is 380 g/mol. The van der Waals surface area contributed by atoms with Crippen molar-refractivity contribution in [1.82, 2.24) is 0 Å². The van der Waals surface area contributed by atoms with Gasteiger partial charge in [-0.3, -0.25) is 4.79 Å². The second-order valence-corrected chi connectivity index (χ2v) is 8.02. The third-order valence-corrected chi connectivity index (χ3v) is 5.64. The summed E-state index contributed by atoms with van der Waals surface area (Å²) < 4.78 is 28.1. The highest BCUT2D eigenvalue weighted by atomic mass is 16.7. The molecule has 1 fully saturated rings. The number of carbonyl (C=O) groups is 2. The summed E-state index contributed by atoms with van der Waals surface area (Å²) in [6, 6.07) is 6.35. The van der Waals surface area contributed by atoms with E-state index < -0.39 is 47.1 Å². The van der Waals surface area contributed by atoms with Gasteiger partial charge in [0.1, 0.15) is 23.0 Å². The molecule has 3 unspecified atom stereocenters. The number of hydrogen-bond donors (Lipinski definition) is 0. The third kappa shape index (κ3) is 3.07. The zero-order valence-corrected chi connectivity index (χ0v) is 16.8. The molecule has 2 aliphatic heterocycles. The lowest BCUT2D eigenvalue weighted by Crippen LogP contribution is -2.46. The van der Waals surface area contributed by atoms with E-state index in [1.165, 1.54) is 13.0 Å². The molecule has 4 rings (SSSR count). The van der Waals surface area contributed by atoms with E-state index in [9.17, 15) is 14.4 Å². The highest BCUT2D eigenvalue weighted by molar-refractivity contribution is 5.85. The number of esters is 2.